The van der Waals surface area contributed by atoms with E-state index in [1.54, 1.807) is 0 Å². The summed E-state index contributed by atoms with van der Waals surface area (Å²) in [6.07, 6.45) is -1.03. The van der Waals surface area contributed by atoms with Crippen molar-refractivity contribution in [2.75, 3.05) is 7.11 Å². The van der Waals surface area contributed by atoms with Crippen LogP contribution in [0.2, 0.25) is 0 Å². The summed E-state index contributed by atoms with van der Waals surface area (Å²) in [6, 6.07) is 0. The maximum Gasteiger partial charge on any atom is 0.264 e. The smallest absolute Gasteiger partial charge is 0.264 e. The maximum atomic E-state index is 10.9. The summed E-state index contributed by atoms with van der Waals surface area (Å²) >= 11 is 4.53. The monoisotopic (exact) mass is 174 g/mol. The highest BCUT2D eigenvalue weighted by Crippen LogP contribution is 1.99. The third-order valence-corrected chi connectivity index (χ3v) is 1.35. The minimum absolute atomic E-state index is 0.0409. The van der Waals surface area contributed by atoms with Crippen molar-refractivity contribution in [3.8, 4) is 0 Å². The van der Waals surface area contributed by atoms with E-state index in [4.69, 9.17) is 5.11 Å². The van der Waals surface area contributed by atoms with E-state index in [1.807, 2.05) is 0 Å². The molecule has 1 aliphatic rings. The van der Waals surface area contributed by atoms with E-state index >= 15 is 0 Å². The summed E-state index contributed by atoms with van der Waals surface area (Å²) in [5.74, 6) is -0.897. The molecule has 0 radical (unpaired) electrons. The van der Waals surface area contributed by atoms with Crippen LogP contribution < -0.4 is 5.32 Å². The zero-order valence-electron chi connectivity index (χ0n) is 5.70. The molecule has 1 aliphatic heterocycles. The van der Waals surface area contributed by atoms with Gasteiger partial charge >= 0.3 is 0 Å². The molecular weight excluding hydrogens is 168 g/mol. The van der Waals surface area contributed by atoms with Gasteiger partial charge in [0.05, 0.1) is 0 Å². The molecule has 5 nitrogen and oxygen atoms in total. The van der Waals surface area contributed by atoms with Crippen molar-refractivity contribution in [3.63, 3.8) is 0 Å². The van der Waals surface area contributed by atoms with E-state index in [1.165, 1.54) is 7.11 Å². The zero-order valence-corrected chi connectivity index (χ0v) is 6.51. The number of carbonyl (C=O) groups is 1. The number of thiocarbonyl (C=S) groups is 1. The first kappa shape index (κ1) is 8.09. The number of nitrogens with zero attached hydrogens (tertiary/aromatic N) is 1. The quantitative estimate of drug-likeness (QED) is 0.519. The Labute approximate surface area is 68.1 Å². The number of aliphatic imine (C=N–C) groups is 1. The van der Waals surface area contributed by atoms with Gasteiger partial charge in [-0.1, -0.05) is 0 Å². The molecule has 1 amide bonds. The third-order valence-electron chi connectivity index (χ3n) is 1.15. The van der Waals surface area contributed by atoms with Crippen LogP contribution in [0.5, 0.6) is 0 Å². The fourth-order valence-corrected chi connectivity index (χ4v) is 0.885. The second kappa shape index (κ2) is 2.93. The molecule has 6 heteroatoms. The van der Waals surface area contributed by atoms with Gasteiger partial charge in [0.15, 0.2) is 0 Å². The number of methoxy groups -OCH3 is 1. The number of nitrogens with one attached hydrogen (secondary N) is 1. The Morgan fingerprint density at radius 3 is 2.91 bits per heavy atom. The molecule has 0 aliphatic carbocycles. The third kappa shape index (κ3) is 1.52. The van der Waals surface area contributed by atoms with Crippen LogP contribution in [-0.4, -0.2) is 35.2 Å². The maximum absolute atomic E-state index is 10.9. The van der Waals surface area contributed by atoms with E-state index in [2.05, 4.69) is 27.3 Å². The van der Waals surface area contributed by atoms with E-state index < -0.39 is 17.9 Å². The lowest BCUT2D eigenvalue weighted by atomic mass is 10.3. The number of ether oxygens (including phenoxy) is 1. The van der Waals surface area contributed by atoms with Gasteiger partial charge < -0.3 is 9.84 Å². The van der Waals surface area contributed by atoms with Crippen molar-refractivity contribution in [2.45, 2.75) is 6.10 Å². The number of aliphatic hydroxyl groups is 1. The molecule has 11 heavy (non-hydrogen) atoms. The van der Waals surface area contributed by atoms with Gasteiger partial charge in [-0.05, 0) is 12.2 Å². The first-order valence-corrected chi connectivity index (χ1v) is 3.21. The number of hydrogen-bond acceptors (Lipinski definition) is 3. The molecule has 0 saturated heterocycles. The van der Waals surface area contributed by atoms with E-state index in [9.17, 15) is 4.79 Å². The Morgan fingerprint density at radius 2 is 2.45 bits per heavy atom. The van der Waals surface area contributed by atoms with Crippen LogP contribution in [0.1, 0.15) is 0 Å². The van der Waals surface area contributed by atoms with Crippen LogP contribution in [0.4, 0.5) is 0 Å². The molecule has 1 rings (SSSR count). The fourth-order valence-electron chi connectivity index (χ4n) is 0.691. The van der Waals surface area contributed by atoms with Crippen LogP contribution in [0.15, 0.2) is 4.99 Å². The van der Waals surface area contributed by atoms with Crippen LogP contribution in [0, 0.1) is 0 Å². The van der Waals surface area contributed by atoms with Gasteiger partial charge in [0.2, 0.25) is 17.1 Å². The molecular formula is C5H6N2O3S. The highest BCUT2D eigenvalue weighted by molar-refractivity contribution is 7.80. The molecule has 0 fully saturated rings. The lowest BCUT2D eigenvalue weighted by Crippen LogP contribution is -2.47. The fraction of sp³-hybridized carbons (Fsp3) is 0.400. The Morgan fingerprint density at radius 1 is 1.82 bits per heavy atom. The minimum Gasteiger partial charge on any atom is -0.494 e. The number of hydrogen-bond donors (Lipinski definition) is 2. The summed E-state index contributed by atoms with van der Waals surface area (Å²) in [7, 11) is 1.30. The van der Waals surface area contributed by atoms with Gasteiger partial charge in [0.1, 0.15) is 0 Å². The number of rotatable bonds is 1. The summed E-state index contributed by atoms with van der Waals surface area (Å²) in [5, 5.41) is 11.2. The minimum atomic E-state index is -1.03. The van der Waals surface area contributed by atoms with Crippen molar-refractivity contribution in [1.29, 1.82) is 0 Å². The zero-order chi connectivity index (χ0) is 8.43. The summed E-state index contributed by atoms with van der Waals surface area (Å²) in [4.78, 5) is 14.3. The van der Waals surface area contributed by atoms with Gasteiger partial charge in [-0.15, -0.1) is 0 Å². The Kier molecular flexibility index (Phi) is 2.16. The van der Waals surface area contributed by atoms with Gasteiger partial charge in [-0.25, -0.2) is 0 Å². The SMILES string of the molecule is COC1C(=O)NC(=S)N=C1O. The van der Waals surface area contributed by atoms with Gasteiger partial charge in [0, 0.05) is 7.11 Å². The van der Waals surface area contributed by atoms with Crippen LogP contribution in [0.25, 0.3) is 0 Å². The van der Waals surface area contributed by atoms with E-state index in [0.717, 1.165) is 0 Å². The standard InChI is InChI=1S/C5H6N2O3S/c1-10-2-3(8)6-5(11)7-4(2)9/h2H,1H3,(H2,6,7,8,9,11). The predicted molar refractivity (Wildman–Crippen MR) is 41.6 cm³/mol. The molecule has 0 bridgehead atoms. The molecule has 1 unspecified atom stereocenters. The molecule has 0 aromatic carbocycles. The highest BCUT2D eigenvalue weighted by Gasteiger charge is 2.28. The Balaban J connectivity index is 2.88. The summed E-state index contributed by atoms with van der Waals surface area (Å²) in [6.45, 7) is 0. The molecule has 0 saturated carbocycles. The van der Waals surface area contributed by atoms with Crippen LogP contribution in [0.3, 0.4) is 0 Å². The highest BCUT2D eigenvalue weighted by atomic mass is 32.1. The van der Waals surface area contributed by atoms with Crippen LogP contribution >= 0.6 is 12.2 Å². The normalized spacial score (nSPS) is 24.5. The second-order valence-electron chi connectivity index (χ2n) is 1.88. The molecule has 0 spiro atoms. The van der Waals surface area contributed by atoms with Gasteiger partial charge in [-0.2, -0.15) is 4.99 Å². The van der Waals surface area contributed by atoms with Crippen molar-refractivity contribution in [3.05, 3.63) is 0 Å². The average molecular weight is 174 g/mol. The number of aliphatic hydroxyl groups excluding tert-OH is 1. The molecule has 0 aromatic rings. The Hall–Kier alpha value is -1.01. The first-order chi connectivity index (χ1) is 5.15. The molecule has 60 valence electrons. The van der Waals surface area contributed by atoms with Gasteiger partial charge in [-0.3, -0.25) is 10.1 Å². The molecule has 2 N–H and O–H groups in total. The first-order valence-electron chi connectivity index (χ1n) is 2.80. The second-order valence-corrected chi connectivity index (χ2v) is 2.27. The van der Waals surface area contributed by atoms with E-state index in [-0.39, 0.29) is 5.11 Å². The Bertz CT molecular complexity index is 238. The van der Waals surface area contributed by atoms with Crippen molar-refractivity contribution in [2.24, 2.45) is 4.99 Å². The average Bonchev–Trinajstić information content (AvgIpc) is 1.85. The number of amides is 1. The van der Waals surface area contributed by atoms with Crippen molar-refractivity contribution >= 4 is 29.1 Å². The van der Waals surface area contributed by atoms with Gasteiger partial charge in [0.25, 0.3) is 5.91 Å². The molecule has 1 atom stereocenters. The van der Waals surface area contributed by atoms with E-state index in [0.29, 0.717) is 0 Å². The summed E-state index contributed by atoms with van der Waals surface area (Å²) in [5.41, 5.74) is 0. The lowest BCUT2D eigenvalue weighted by Gasteiger charge is -2.16. The molecule has 0 aromatic heterocycles. The van der Waals surface area contributed by atoms with Crippen LogP contribution in [-0.2, 0) is 9.53 Å². The topological polar surface area (TPSA) is 70.9 Å². The number of carbonyl (C=O) groups excluding carboxylic acids is 1. The largest absolute Gasteiger partial charge is 0.494 e. The van der Waals surface area contributed by atoms with Crippen molar-refractivity contribution in [1.82, 2.24) is 5.32 Å². The molecule has 1 heterocycles. The van der Waals surface area contributed by atoms with Crippen molar-refractivity contribution < 1.29 is 14.6 Å². The predicted octanol–water partition coefficient (Wildman–Crippen LogP) is -0.627. The summed E-state index contributed by atoms with van der Waals surface area (Å²) < 4.78 is 4.61. The lowest BCUT2D eigenvalue weighted by molar-refractivity contribution is -0.126.